The molecule has 0 atom stereocenters. The minimum atomic E-state index is -3.31. The third-order valence-corrected chi connectivity index (χ3v) is 2.62. The summed E-state index contributed by atoms with van der Waals surface area (Å²) in [6.07, 6.45) is 1.08. The second-order valence-corrected chi connectivity index (χ2v) is 5.37. The largest absolute Gasteiger partial charge is 0.462 e. The van der Waals surface area contributed by atoms with Crippen molar-refractivity contribution in [2.24, 2.45) is 0 Å². The van der Waals surface area contributed by atoms with Crippen LogP contribution in [0.1, 0.15) is 22.8 Å². The van der Waals surface area contributed by atoms with E-state index in [1.54, 1.807) is 26.0 Å². The van der Waals surface area contributed by atoms with Crippen LogP contribution in [-0.2, 0) is 14.8 Å². The van der Waals surface area contributed by atoms with Gasteiger partial charge in [0.05, 0.1) is 24.1 Å². The zero-order valence-corrected chi connectivity index (χ0v) is 10.8. The molecule has 0 spiro atoms. The summed E-state index contributed by atoms with van der Waals surface area (Å²) in [5.74, 6) is -0.415. The Balaban J connectivity index is 2.98. The zero-order chi connectivity index (χ0) is 13.1. The van der Waals surface area contributed by atoms with Gasteiger partial charge in [0.15, 0.2) is 0 Å². The predicted octanol–water partition coefficient (Wildman–Crippen LogP) is 1.54. The molecule has 0 fully saturated rings. The number of hydrogen-bond donors (Lipinski definition) is 1. The molecule has 17 heavy (non-hydrogen) atoms. The summed E-state index contributed by atoms with van der Waals surface area (Å²) in [5, 5.41) is 0. The minimum Gasteiger partial charge on any atom is -0.462 e. The average Bonchev–Trinajstić information content (AvgIpc) is 2.19. The number of nitrogens with one attached hydrogen (secondary N) is 1. The summed E-state index contributed by atoms with van der Waals surface area (Å²) in [6, 6.07) is 4.66. The summed E-state index contributed by atoms with van der Waals surface area (Å²) < 4.78 is 29.4. The van der Waals surface area contributed by atoms with Gasteiger partial charge in [-0.3, -0.25) is 4.72 Å². The molecule has 0 aliphatic rings. The Hall–Kier alpha value is -1.56. The molecule has 0 saturated carbocycles. The van der Waals surface area contributed by atoms with E-state index in [4.69, 9.17) is 4.74 Å². The number of anilines is 1. The molecule has 0 unspecified atom stereocenters. The summed E-state index contributed by atoms with van der Waals surface area (Å²) in [5.41, 5.74) is 1.53. The molecule has 1 rings (SSSR count). The lowest BCUT2D eigenvalue weighted by Crippen LogP contribution is -2.11. The van der Waals surface area contributed by atoms with E-state index in [-0.39, 0.29) is 0 Å². The maximum Gasteiger partial charge on any atom is 0.338 e. The molecule has 0 aromatic heterocycles. The van der Waals surface area contributed by atoms with E-state index >= 15 is 0 Å². The van der Waals surface area contributed by atoms with Gasteiger partial charge in [0.25, 0.3) is 0 Å². The van der Waals surface area contributed by atoms with E-state index in [1.165, 1.54) is 6.07 Å². The van der Waals surface area contributed by atoms with Crippen LogP contribution in [0.15, 0.2) is 18.2 Å². The first-order chi connectivity index (χ1) is 7.83. The van der Waals surface area contributed by atoms with Crippen LogP contribution in [-0.4, -0.2) is 27.2 Å². The minimum absolute atomic E-state index is 0.307. The smallest absolute Gasteiger partial charge is 0.338 e. The van der Waals surface area contributed by atoms with Crippen LogP contribution in [0.5, 0.6) is 0 Å². The van der Waals surface area contributed by atoms with Crippen molar-refractivity contribution in [3.05, 3.63) is 29.3 Å². The Morgan fingerprint density at radius 1 is 1.41 bits per heavy atom. The number of carbonyl (C=O) groups excluding carboxylic acids is 1. The van der Waals surface area contributed by atoms with Crippen LogP contribution in [0.3, 0.4) is 0 Å². The van der Waals surface area contributed by atoms with Gasteiger partial charge in [-0.2, -0.15) is 0 Å². The predicted molar refractivity (Wildman–Crippen MR) is 65.6 cm³/mol. The number of carbonyl (C=O) groups is 1. The van der Waals surface area contributed by atoms with Crippen LogP contribution in [0.4, 0.5) is 5.69 Å². The van der Waals surface area contributed by atoms with Crippen molar-refractivity contribution in [2.75, 3.05) is 17.6 Å². The van der Waals surface area contributed by atoms with E-state index in [2.05, 4.69) is 4.72 Å². The van der Waals surface area contributed by atoms with Crippen LogP contribution in [0.25, 0.3) is 0 Å². The topological polar surface area (TPSA) is 72.5 Å². The first-order valence-corrected chi connectivity index (χ1v) is 6.98. The molecule has 0 aliphatic heterocycles. The number of esters is 1. The normalized spacial score (nSPS) is 11.0. The SMILES string of the molecule is CCOC(=O)c1ccc(NS(C)(=O)=O)c(C)c1. The summed E-state index contributed by atoms with van der Waals surface area (Å²) in [4.78, 5) is 11.4. The Labute approximate surface area is 101 Å². The molecule has 0 amide bonds. The molecule has 1 N–H and O–H groups in total. The number of benzene rings is 1. The van der Waals surface area contributed by atoms with Gasteiger partial charge in [-0.25, -0.2) is 13.2 Å². The van der Waals surface area contributed by atoms with Gasteiger partial charge in [0, 0.05) is 0 Å². The van der Waals surface area contributed by atoms with Gasteiger partial charge in [0.1, 0.15) is 0 Å². The van der Waals surface area contributed by atoms with Crippen molar-refractivity contribution >= 4 is 21.7 Å². The van der Waals surface area contributed by atoms with Gasteiger partial charge in [0.2, 0.25) is 10.0 Å². The highest BCUT2D eigenvalue weighted by Gasteiger charge is 2.10. The number of sulfonamides is 1. The van der Waals surface area contributed by atoms with Gasteiger partial charge in [-0.1, -0.05) is 0 Å². The number of rotatable bonds is 4. The Bertz CT molecular complexity index is 522. The molecule has 1 aromatic rings. The van der Waals surface area contributed by atoms with Crippen molar-refractivity contribution < 1.29 is 17.9 Å². The van der Waals surface area contributed by atoms with E-state index in [1.807, 2.05) is 0 Å². The van der Waals surface area contributed by atoms with Crippen molar-refractivity contribution in [3.8, 4) is 0 Å². The van der Waals surface area contributed by atoms with Gasteiger partial charge >= 0.3 is 5.97 Å². The zero-order valence-electron chi connectivity index (χ0n) is 9.98. The fourth-order valence-corrected chi connectivity index (χ4v) is 1.95. The third kappa shape index (κ3) is 4.07. The summed E-state index contributed by atoms with van der Waals surface area (Å²) in [7, 11) is -3.31. The molecule has 1 aromatic carbocycles. The highest BCUT2D eigenvalue weighted by atomic mass is 32.2. The van der Waals surface area contributed by atoms with Crippen molar-refractivity contribution in [3.63, 3.8) is 0 Å². The first kappa shape index (κ1) is 13.5. The maximum atomic E-state index is 11.4. The molecule has 6 heteroatoms. The molecular formula is C11H15NO4S. The lowest BCUT2D eigenvalue weighted by molar-refractivity contribution is 0.0526. The van der Waals surface area contributed by atoms with Crippen LogP contribution in [0, 0.1) is 6.92 Å². The van der Waals surface area contributed by atoms with Crippen molar-refractivity contribution in [2.45, 2.75) is 13.8 Å². The second kappa shape index (κ2) is 5.18. The number of aryl methyl sites for hydroxylation is 1. The standard InChI is InChI=1S/C11H15NO4S/c1-4-16-11(13)9-5-6-10(8(2)7-9)12-17(3,14)15/h5-7,12H,4H2,1-3H3. The molecule has 0 aliphatic carbocycles. The summed E-state index contributed by atoms with van der Waals surface area (Å²) in [6.45, 7) is 3.75. The fourth-order valence-electron chi connectivity index (χ4n) is 1.32. The highest BCUT2D eigenvalue weighted by molar-refractivity contribution is 7.92. The van der Waals surface area contributed by atoms with Crippen molar-refractivity contribution in [1.29, 1.82) is 0 Å². The molecule has 5 nitrogen and oxygen atoms in total. The Kier molecular flexibility index (Phi) is 4.11. The summed E-state index contributed by atoms with van der Waals surface area (Å²) >= 11 is 0. The maximum absolute atomic E-state index is 11.4. The highest BCUT2D eigenvalue weighted by Crippen LogP contribution is 2.18. The molecule has 0 bridgehead atoms. The average molecular weight is 257 g/mol. The third-order valence-electron chi connectivity index (χ3n) is 2.03. The lowest BCUT2D eigenvalue weighted by atomic mass is 10.1. The van der Waals surface area contributed by atoms with Gasteiger partial charge < -0.3 is 4.74 Å². The Morgan fingerprint density at radius 3 is 2.53 bits per heavy atom. The van der Waals surface area contributed by atoms with E-state index in [0.717, 1.165) is 6.26 Å². The quantitative estimate of drug-likeness (QED) is 0.830. The number of ether oxygens (including phenoxy) is 1. The fraction of sp³-hybridized carbons (Fsp3) is 0.364. The number of hydrogen-bond acceptors (Lipinski definition) is 4. The lowest BCUT2D eigenvalue weighted by Gasteiger charge is -2.09. The van der Waals surface area contributed by atoms with E-state index in [0.29, 0.717) is 23.4 Å². The molecule has 0 radical (unpaired) electrons. The molecular weight excluding hydrogens is 242 g/mol. The molecule has 94 valence electrons. The monoisotopic (exact) mass is 257 g/mol. The van der Waals surface area contributed by atoms with Gasteiger partial charge in [-0.15, -0.1) is 0 Å². The van der Waals surface area contributed by atoms with Gasteiger partial charge in [-0.05, 0) is 37.6 Å². The molecule has 0 saturated heterocycles. The first-order valence-electron chi connectivity index (χ1n) is 5.09. The van der Waals surface area contributed by atoms with Crippen LogP contribution >= 0.6 is 0 Å². The molecule has 0 heterocycles. The van der Waals surface area contributed by atoms with E-state index in [9.17, 15) is 13.2 Å². The Morgan fingerprint density at radius 2 is 2.06 bits per heavy atom. The van der Waals surface area contributed by atoms with Crippen LogP contribution in [0.2, 0.25) is 0 Å². The van der Waals surface area contributed by atoms with Crippen LogP contribution < -0.4 is 4.72 Å². The van der Waals surface area contributed by atoms with Crippen molar-refractivity contribution in [1.82, 2.24) is 0 Å². The second-order valence-electron chi connectivity index (χ2n) is 3.62. The van der Waals surface area contributed by atoms with E-state index < -0.39 is 16.0 Å².